The maximum Gasteiger partial charge on any atom is 0.303 e. The summed E-state index contributed by atoms with van der Waals surface area (Å²) in [5.41, 5.74) is 0.966. The Bertz CT molecular complexity index is 896. The molecule has 0 aliphatic carbocycles. The fourth-order valence-electron chi connectivity index (χ4n) is 3.30. The summed E-state index contributed by atoms with van der Waals surface area (Å²) >= 11 is 5.35. The monoisotopic (exact) mass is 496 g/mol. The van der Waals surface area contributed by atoms with Crippen molar-refractivity contribution in [2.24, 2.45) is 0 Å². The normalized spacial score (nSPS) is 23.7. The molecule has 0 spiro atoms. The van der Waals surface area contributed by atoms with Crippen LogP contribution in [0, 0.1) is 0 Å². The van der Waals surface area contributed by atoms with E-state index in [1.165, 1.54) is 13.8 Å². The molecule has 1 aromatic carbocycles. The molecule has 12 heteroatoms. The summed E-state index contributed by atoms with van der Waals surface area (Å²) in [5.74, 6) is -2.70. The fraction of sp³-hybridized carbons (Fsp3) is 0.500. The van der Waals surface area contributed by atoms with E-state index in [0.717, 1.165) is 19.4 Å². The average Bonchev–Trinajstić information content (AvgIpc) is 2.75. The first kappa shape index (κ1) is 27.0. The number of hydrogen-bond acceptors (Lipinski definition) is 10. The van der Waals surface area contributed by atoms with Crippen LogP contribution in [0.2, 0.25) is 0 Å². The van der Waals surface area contributed by atoms with Crippen LogP contribution in [0.25, 0.3) is 0 Å². The van der Waals surface area contributed by atoms with Gasteiger partial charge >= 0.3 is 23.9 Å². The zero-order chi connectivity index (χ0) is 25.3. The Morgan fingerprint density at radius 1 is 0.853 bits per heavy atom. The Kier molecular flexibility index (Phi) is 10.2. The SMILES string of the molecule is CC(=O)OC[C@H]1O[C@H](NC(=S)NCc2ccccc2)[C@H](OC(C)=O)[C@@H](OC(C)=O)[C@@H]1OC(C)=O. The number of carbonyl (C=O) groups is 4. The quantitative estimate of drug-likeness (QED) is 0.298. The maximum absolute atomic E-state index is 11.8. The van der Waals surface area contributed by atoms with E-state index in [4.69, 9.17) is 35.9 Å². The minimum Gasteiger partial charge on any atom is -0.463 e. The summed E-state index contributed by atoms with van der Waals surface area (Å²) in [6.07, 6.45) is -5.92. The van der Waals surface area contributed by atoms with E-state index in [1.54, 1.807) is 0 Å². The van der Waals surface area contributed by atoms with Crippen molar-refractivity contribution in [1.29, 1.82) is 0 Å². The minimum atomic E-state index is -1.27. The molecule has 0 radical (unpaired) electrons. The van der Waals surface area contributed by atoms with Gasteiger partial charge in [-0.2, -0.15) is 0 Å². The van der Waals surface area contributed by atoms with Gasteiger partial charge in [0.1, 0.15) is 12.7 Å². The molecule has 5 atom stereocenters. The number of benzene rings is 1. The van der Waals surface area contributed by atoms with Crippen LogP contribution < -0.4 is 10.6 Å². The van der Waals surface area contributed by atoms with E-state index < -0.39 is 54.5 Å². The van der Waals surface area contributed by atoms with E-state index in [9.17, 15) is 19.2 Å². The molecule has 0 bridgehead atoms. The Morgan fingerprint density at radius 3 is 1.97 bits per heavy atom. The molecule has 1 fully saturated rings. The highest BCUT2D eigenvalue weighted by molar-refractivity contribution is 7.80. The van der Waals surface area contributed by atoms with Gasteiger partial charge in [-0.1, -0.05) is 30.3 Å². The lowest BCUT2D eigenvalue weighted by atomic mass is 9.97. The third kappa shape index (κ3) is 8.60. The van der Waals surface area contributed by atoms with Crippen molar-refractivity contribution in [2.75, 3.05) is 6.61 Å². The summed E-state index contributed by atoms with van der Waals surface area (Å²) in [6.45, 7) is 4.76. The van der Waals surface area contributed by atoms with Crippen molar-refractivity contribution in [2.45, 2.75) is 64.9 Å². The summed E-state index contributed by atoms with van der Waals surface area (Å²) < 4.78 is 27.1. The highest BCUT2D eigenvalue weighted by Crippen LogP contribution is 2.28. The molecule has 0 unspecified atom stereocenters. The molecular formula is C22H28N2O9S. The van der Waals surface area contributed by atoms with E-state index in [1.807, 2.05) is 30.3 Å². The lowest BCUT2D eigenvalue weighted by Crippen LogP contribution is -2.66. The van der Waals surface area contributed by atoms with Crippen molar-refractivity contribution in [3.05, 3.63) is 35.9 Å². The molecule has 1 aromatic rings. The molecular weight excluding hydrogens is 468 g/mol. The number of rotatable bonds is 8. The number of esters is 4. The van der Waals surface area contributed by atoms with Crippen molar-refractivity contribution < 1.29 is 42.9 Å². The Hall–Kier alpha value is -3.25. The zero-order valence-electron chi connectivity index (χ0n) is 19.3. The van der Waals surface area contributed by atoms with Crippen LogP contribution in [0.4, 0.5) is 0 Å². The second-order valence-corrected chi connectivity index (χ2v) is 7.84. The predicted octanol–water partition coefficient (Wildman–Crippen LogP) is 0.734. The fourth-order valence-corrected chi connectivity index (χ4v) is 3.49. The second-order valence-electron chi connectivity index (χ2n) is 7.43. The topological polar surface area (TPSA) is 138 Å². The molecule has 1 heterocycles. The van der Waals surface area contributed by atoms with Crippen LogP contribution in [-0.2, 0) is 49.4 Å². The number of nitrogens with one attached hydrogen (secondary N) is 2. The molecule has 186 valence electrons. The van der Waals surface area contributed by atoms with Gasteiger partial charge in [0.25, 0.3) is 0 Å². The van der Waals surface area contributed by atoms with Gasteiger partial charge in [-0.15, -0.1) is 0 Å². The van der Waals surface area contributed by atoms with Gasteiger partial charge in [-0.25, -0.2) is 0 Å². The highest BCUT2D eigenvalue weighted by Gasteiger charge is 2.52. The van der Waals surface area contributed by atoms with Crippen molar-refractivity contribution in [1.82, 2.24) is 10.6 Å². The molecule has 0 saturated carbocycles. The van der Waals surface area contributed by atoms with Gasteiger partial charge in [0.05, 0.1) is 0 Å². The number of carbonyl (C=O) groups excluding carboxylic acids is 4. The van der Waals surface area contributed by atoms with Crippen molar-refractivity contribution in [3.63, 3.8) is 0 Å². The molecule has 1 saturated heterocycles. The number of ether oxygens (including phenoxy) is 5. The first-order valence-corrected chi connectivity index (χ1v) is 10.9. The molecule has 34 heavy (non-hydrogen) atoms. The summed E-state index contributed by atoms with van der Waals surface area (Å²) in [4.78, 5) is 46.8. The van der Waals surface area contributed by atoms with Gasteiger partial charge < -0.3 is 34.3 Å². The Morgan fingerprint density at radius 2 is 1.41 bits per heavy atom. The van der Waals surface area contributed by atoms with E-state index in [2.05, 4.69) is 10.6 Å². The summed E-state index contributed by atoms with van der Waals surface area (Å²) in [5, 5.41) is 6.05. The third-order valence-corrected chi connectivity index (χ3v) is 4.82. The molecule has 1 aliphatic rings. The van der Waals surface area contributed by atoms with E-state index in [0.29, 0.717) is 6.54 Å². The standard InChI is InChI=1S/C22H28N2O9S/c1-12(25)29-11-17-18(30-13(2)26)19(31-14(3)27)20(32-15(4)28)21(33-17)24-22(34)23-10-16-8-6-5-7-9-16/h5-9,17-21H,10-11H2,1-4H3,(H2,23,24,34)/t17-,18-,19+,20-,21+/m1/s1. The summed E-state index contributed by atoms with van der Waals surface area (Å²) in [7, 11) is 0. The molecule has 11 nitrogen and oxygen atoms in total. The van der Waals surface area contributed by atoms with E-state index in [-0.39, 0.29) is 11.7 Å². The van der Waals surface area contributed by atoms with Gasteiger partial charge in [-0.3, -0.25) is 19.2 Å². The second kappa shape index (κ2) is 12.8. The zero-order valence-corrected chi connectivity index (χ0v) is 20.1. The third-order valence-electron chi connectivity index (χ3n) is 4.56. The van der Waals surface area contributed by atoms with Gasteiger partial charge in [0, 0.05) is 34.2 Å². The van der Waals surface area contributed by atoms with Gasteiger partial charge in [0.2, 0.25) is 0 Å². The Labute approximate surface area is 202 Å². The molecule has 2 N–H and O–H groups in total. The highest BCUT2D eigenvalue weighted by atomic mass is 32.1. The molecule has 1 aliphatic heterocycles. The largest absolute Gasteiger partial charge is 0.463 e. The lowest BCUT2D eigenvalue weighted by Gasteiger charge is -2.44. The molecule has 0 amide bonds. The van der Waals surface area contributed by atoms with E-state index >= 15 is 0 Å². The first-order chi connectivity index (χ1) is 16.1. The van der Waals surface area contributed by atoms with Gasteiger partial charge in [-0.05, 0) is 17.8 Å². The van der Waals surface area contributed by atoms with Crippen LogP contribution in [0.1, 0.15) is 33.3 Å². The maximum atomic E-state index is 11.8. The minimum absolute atomic E-state index is 0.157. The Balaban J connectivity index is 2.29. The molecule has 0 aromatic heterocycles. The number of hydrogen-bond donors (Lipinski definition) is 2. The van der Waals surface area contributed by atoms with Crippen LogP contribution in [0.15, 0.2) is 30.3 Å². The van der Waals surface area contributed by atoms with Crippen molar-refractivity contribution >= 4 is 41.2 Å². The van der Waals surface area contributed by atoms with Crippen LogP contribution >= 0.6 is 12.2 Å². The predicted molar refractivity (Wildman–Crippen MR) is 121 cm³/mol. The number of thiocarbonyl (C=S) groups is 1. The lowest BCUT2D eigenvalue weighted by molar-refractivity contribution is -0.254. The van der Waals surface area contributed by atoms with Crippen molar-refractivity contribution in [3.8, 4) is 0 Å². The average molecular weight is 497 g/mol. The van der Waals surface area contributed by atoms with Gasteiger partial charge in [0.15, 0.2) is 29.7 Å². The van der Waals surface area contributed by atoms with Crippen LogP contribution in [-0.4, -0.2) is 66.2 Å². The smallest absolute Gasteiger partial charge is 0.303 e. The van der Waals surface area contributed by atoms with Crippen LogP contribution in [0.3, 0.4) is 0 Å². The van der Waals surface area contributed by atoms with Crippen LogP contribution in [0.5, 0.6) is 0 Å². The first-order valence-electron chi connectivity index (χ1n) is 10.5. The molecule has 2 rings (SSSR count). The summed E-state index contributed by atoms with van der Waals surface area (Å²) in [6, 6.07) is 9.46.